The average Bonchev–Trinajstić information content (AvgIpc) is 2.97. The maximum absolute atomic E-state index is 8.95. The second-order valence-corrected chi connectivity index (χ2v) is 5.42. The number of benzene rings is 1. The van der Waals surface area contributed by atoms with E-state index in [2.05, 4.69) is 16.4 Å². The molecule has 1 aromatic carbocycles. The van der Waals surface area contributed by atoms with E-state index in [0.29, 0.717) is 12.2 Å². The lowest BCUT2D eigenvalue weighted by Crippen LogP contribution is -1.98. The Balaban J connectivity index is 1.97. The first-order valence-corrected chi connectivity index (χ1v) is 6.63. The number of fused-ring (bicyclic) bond motifs is 1. The maximum Gasteiger partial charge on any atom is 0.108 e. The molecular weight excluding hydrogens is 270 g/mol. The van der Waals surface area contributed by atoms with Crippen LogP contribution in [0.1, 0.15) is 10.6 Å². The third-order valence-electron chi connectivity index (χ3n) is 2.66. The van der Waals surface area contributed by atoms with E-state index < -0.39 is 0 Å². The molecule has 0 bridgehead atoms. The number of aliphatic hydroxyl groups is 1. The molecule has 0 saturated carbocycles. The highest BCUT2D eigenvalue weighted by molar-refractivity contribution is 7.19. The van der Waals surface area contributed by atoms with Crippen LogP contribution in [0.3, 0.4) is 0 Å². The van der Waals surface area contributed by atoms with Crippen molar-refractivity contribution in [2.75, 3.05) is 0 Å². The molecule has 2 heterocycles. The average molecular weight is 280 g/mol. The van der Waals surface area contributed by atoms with Crippen molar-refractivity contribution in [1.29, 1.82) is 0 Å². The molecule has 0 radical (unpaired) electrons. The third-order valence-corrected chi connectivity index (χ3v) is 4.35. The number of thiophene rings is 1. The van der Waals surface area contributed by atoms with Gasteiger partial charge in [-0.3, -0.25) is 0 Å². The van der Waals surface area contributed by atoms with E-state index in [1.165, 1.54) is 4.70 Å². The Labute approximate surface area is 112 Å². The van der Waals surface area contributed by atoms with Gasteiger partial charge < -0.3 is 5.11 Å². The van der Waals surface area contributed by atoms with Crippen molar-refractivity contribution < 1.29 is 5.11 Å². The van der Waals surface area contributed by atoms with Crippen LogP contribution in [-0.4, -0.2) is 20.1 Å². The topological polar surface area (TPSA) is 50.9 Å². The molecule has 0 atom stereocenters. The van der Waals surface area contributed by atoms with Crippen molar-refractivity contribution in [3.8, 4) is 0 Å². The monoisotopic (exact) mass is 279 g/mol. The normalized spacial score (nSPS) is 11.2. The third kappa shape index (κ3) is 2.01. The van der Waals surface area contributed by atoms with Gasteiger partial charge in [-0.25, -0.2) is 4.68 Å². The van der Waals surface area contributed by atoms with Crippen LogP contribution >= 0.6 is 22.9 Å². The number of hydrogen-bond acceptors (Lipinski definition) is 4. The lowest BCUT2D eigenvalue weighted by atomic mass is 10.2. The van der Waals surface area contributed by atoms with E-state index in [4.69, 9.17) is 16.7 Å². The summed E-state index contributed by atoms with van der Waals surface area (Å²) >= 11 is 8.00. The molecule has 6 heteroatoms. The summed E-state index contributed by atoms with van der Waals surface area (Å²) in [7, 11) is 0. The first kappa shape index (κ1) is 11.6. The Kier molecular flexibility index (Phi) is 3.03. The molecule has 2 aromatic heterocycles. The van der Waals surface area contributed by atoms with E-state index in [-0.39, 0.29) is 6.61 Å². The van der Waals surface area contributed by atoms with Crippen LogP contribution in [0.2, 0.25) is 5.02 Å². The van der Waals surface area contributed by atoms with Crippen LogP contribution in [-0.2, 0) is 13.2 Å². The summed E-state index contributed by atoms with van der Waals surface area (Å²) in [6.45, 7) is 0.478. The van der Waals surface area contributed by atoms with Crippen LogP contribution in [0.15, 0.2) is 30.5 Å². The molecule has 0 unspecified atom stereocenters. The number of halogens is 1. The van der Waals surface area contributed by atoms with Crippen molar-refractivity contribution >= 4 is 33.0 Å². The Morgan fingerprint density at radius 3 is 2.89 bits per heavy atom. The van der Waals surface area contributed by atoms with E-state index in [9.17, 15) is 0 Å². The van der Waals surface area contributed by atoms with Crippen molar-refractivity contribution in [3.63, 3.8) is 0 Å². The second-order valence-electron chi connectivity index (χ2n) is 3.90. The Morgan fingerprint density at radius 1 is 1.33 bits per heavy atom. The first-order chi connectivity index (χ1) is 8.78. The predicted molar refractivity (Wildman–Crippen MR) is 71.9 cm³/mol. The minimum absolute atomic E-state index is 0.0971. The molecule has 0 amide bonds. The zero-order valence-corrected chi connectivity index (χ0v) is 10.9. The zero-order chi connectivity index (χ0) is 12.5. The fourth-order valence-electron chi connectivity index (χ4n) is 1.80. The minimum Gasteiger partial charge on any atom is -0.390 e. The molecule has 0 fully saturated rings. The number of hydrogen-bond donors (Lipinski definition) is 1. The Hall–Kier alpha value is -1.43. The molecule has 18 heavy (non-hydrogen) atoms. The number of rotatable bonds is 3. The highest BCUT2D eigenvalue weighted by atomic mass is 35.5. The van der Waals surface area contributed by atoms with Crippen molar-refractivity contribution in [1.82, 2.24) is 15.0 Å². The standard InChI is InChI=1S/C12H10ClN3OS/c13-12-9-3-1-2-4-10(9)18-11(12)6-16-5-8(7-17)14-15-16/h1-5,17H,6-7H2. The van der Waals surface area contributed by atoms with Gasteiger partial charge >= 0.3 is 0 Å². The smallest absolute Gasteiger partial charge is 0.108 e. The van der Waals surface area contributed by atoms with E-state index in [1.807, 2.05) is 18.2 Å². The van der Waals surface area contributed by atoms with Gasteiger partial charge in [-0.15, -0.1) is 16.4 Å². The van der Waals surface area contributed by atoms with Gasteiger partial charge in [-0.2, -0.15) is 0 Å². The van der Waals surface area contributed by atoms with E-state index in [1.54, 1.807) is 22.2 Å². The summed E-state index contributed by atoms with van der Waals surface area (Å²) < 4.78 is 2.85. The molecule has 3 aromatic rings. The van der Waals surface area contributed by atoms with Gasteiger partial charge in [0.2, 0.25) is 0 Å². The van der Waals surface area contributed by atoms with Gasteiger partial charge in [-0.05, 0) is 6.07 Å². The largest absolute Gasteiger partial charge is 0.390 e. The van der Waals surface area contributed by atoms with Gasteiger partial charge in [-0.1, -0.05) is 35.0 Å². The highest BCUT2D eigenvalue weighted by Crippen LogP contribution is 2.35. The quantitative estimate of drug-likeness (QED) is 0.802. The number of aromatic nitrogens is 3. The van der Waals surface area contributed by atoms with Crippen LogP contribution in [0.4, 0.5) is 0 Å². The predicted octanol–water partition coefficient (Wildman–Crippen LogP) is 2.69. The highest BCUT2D eigenvalue weighted by Gasteiger charge is 2.11. The van der Waals surface area contributed by atoms with Crippen LogP contribution in [0.25, 0.3) is 10.1 Å². The molecule has 4 nitrogen and oxygen atoms in total. The zero-order valence-electron chi connectivity index (χ0n) is 9.38. The number of nitrogens with zero attached hydrogens (tertiary/aromatic N) is 3. The van der Waals surface area contributed by atoms with Gasteiger partial charge in [0.1, 0.15) is 5.69 Å². The van der Waals surface area contributed by atoms with Crippen LogP contribution in [0.5, 0.6) is 0 Å². The molecule has 3 rings (SSSR count). The van der Waals surface area contributed by atoms with E-state index in [0.717, 1.165) is 15.3 Å². The molecule has 0 aliphatic heterocycles. The van der Waals surface area contributed by atoms with Crippen molar-refractivity contribution in [2.24, 2.45) is 0 Å². The van der Waals surface area contributed by atoms with Crippen LogP contribution in [0, 0.1) is 0 Å². The van der Waals surface area contributed by atoms with Crippen molar-refractivity contribution in [3.05, 3.63) is 46.1 Å². The molecule has 0 spiro atoms. The summed E-state index contributed by atoms with van der Waals surface area (Å²) in [5.74, 6) is 0. The molecule has 0 aliphatic carbocycles. The fraction of sp³-hybridized carbons (Fsp3) is 0.167. The summed E-state index contributed by atoms with van der Waals surface area (Å²) in [6.07, 6.45) is 1.72. The Bertz CT molecular complexity index is 692. The summed E-state index contributed by atoms with van der Waals surface area (Å²) in [5.41, 5.74) is 0.562. The molecule has 1 N–H and O–H groups in total. The first-order valence-electron chi connectivity index (χ1n) is 5.43. The van der Waals surface area contributed by atoms with Crippen molar-refractivity contribution in [2.45, 2.75) is 13.2 Å². The summed E-state index contributed by atoms with van der Waals surface area (Å²) in [6, 6.07) is 8.04. The fourth-order valence-corrected chi connectivity index (χ4v) is 3.29. The van der Waals surface area contributed by atoms with Gasteiger partial charge in [0.15, 0.2) is 0 Å². The Morgan fingerprint density at radius 2 is 2.17 bits per heavy atom. The minimum atomic E-state index is -0.0971. The molecule has 0 saturated heterocycles. The van der Waals surface area contributed by atoms with Gasteiger partial charge in [0.05, 0.1) is 24.4 Å². The lowest BCUT2D eigenvalue weighted by Gasteiger charge is -1.97. The van der Waals surface area contributed by atoms with E-state index >= 15 is 0 Å². The lowest BCUT2D eigenvalue weighted by molar-refractivity contribution is 0.276. The maximum atomic E-state index is 8.95. The molecular formula is C12H10ClN3OS. The van der Waals surface area contributed by atoms with Gasteiger partial charge in [0, 0.05) is 15.0 Å². The summed E-state index contributed by atoms with van der Waals surface area (Å²) in [5, 5.41) is 18.6. The SMILES string of the molecule is OCc1cn(Cc2sc3ccccc3c2Cl)nn1. The van der Waals surface area contributed by atoms with Gasteiger partial charge in [0.25, 0.3) is 0 Å². The summed E-state index contributed by atoms with van der Waals surface area (Å²) in [4.78, 5) is 1.05. The van der Waals surface area contributed by atoms with Crippen LogP contribution < -0.4 is 0 Å². The molecule has 0 aliphatic rings. The molecule has 92 valence electrons. The number of aliphatic hydroxyl groups excluding tert-OH is 1. The second kappa shape index (κ2) is 4.68.